The van der Waals surface area contributed by atoms with E-state index < -0.39 is 11.2 Å². The molecule has 0 aromatic heterocycles. The lowest BCUT2D eigenvalue weighted by Crippen LogP contribution is -1.93. The normalized spacial score (nSPS) is 16.5. The van der Waals surface area contributed by atoms with Gasteiger partial charge in [-0.1, -0.05) is 106 Å². The molecule has 3 heteroatoms. The zero-order valence-electron chi connectivity index (χ0n) is 17.7. The SMILES string of the molecule is CCCCCCCCCCCCc1ccc(OC2=C[SH]([O])c3ccccc32)cc1. The first-order valence-corrected chi connectivity index (χ1v) is 12.6. The van der Waals surface area contributed by atoms with E-state index in [4.69, 9.17) is 4.74 Å². The third-order valence-electron chi connectivity index (χ3n) is 5.61. The second kappa shape index (κ2) is 12.1. The Morgan fingerprint density at radius 2 is 1.38 bits per heavy atom. The number of ether oxygens (including phenoxy) is 1. The maximum absolute atomic E-state index is 12.2. The van der Waals surface area contributed by atoms with Crippen LogP contribution in [0.1, 0.15) is 82.3 Å². The van der Waals surface area contributed by atoms with E-state index in [2.05, 4.69) is 19.1 Å². The smallest absolute Gasteiger partial charge is 0.142 e. The molecular formula is C26H35O2S. The van der Waals surface area contributed by atoms with Gasteiger partial charge in [0.25, 0.3) is 0 Å². The lowest BCUT2D eigenvalue weighted by molar-refractivity contribution is 0.514. The van der Waals surface area contributed by atoms with Gasteiger partial charge in [-0.2, -0.15) is 4.55 Å². The topological polar surface area (TPSA) is 29.1 Å². The molecule has 1 radical (unpaired) electrons. The Morgan fingerprint density at radius 3 is 2.07 bits per heavy atom. The van der Waals surface area contributed by atoms with Gasteiger partial charge in [-0.3, -0.25) is 0 Å². The van der Waals surface area contributed by atoms with Gasteiger partial charge in [-0.25, -0.2) is 0 Å². The lowest BCUT2D eigenvalue weighted by Gasteiger charge is -2.09. The van der Waals surface area contributed by atoms with Crippen molar-refractivity contribution in [3.63, 3.8) is 0 Å². The van der Waals surface area contributed by atoms with Gasteiger partial charge in [-0.15, -0.1) is 0 Å². The van der Waals surface area contributed by atoms with Crippen LogP contribution in [0.25, 0.3) is 5.76 Å². The minimum Gasteiger partial charge on any atom is -0.456 e. The first kappa shape index (κ1) is 22.0. The molecule has 0 saturated carbocycles. The summed E-state index contributed by atoms with van der Waals surface area (Å²) >= 11 is -1.48. The first-order valence-electron chi connectivity index (χ1n) is 11.3. The standard InChI is InChI=1S/C26H35O2S/c1-2-3-4-5-6-7-8-9-10-11-14-22-17-19-23(20-18-22)28-25-21-29(27)26-16-13-12-15-24(25)26/h12-13,15-21,29H,2-11,14H2,1H3. The third kappa shape index (κ3) is 6.94. The highest BCUT2D eigenvalue weighted by Crippen LogP contribution is 2.47. The van der Waals surface area contributed by atoms with Crippen LogP contribution < -0.4 is 4.74 Å². The summed E-state index contributed by atoms with van der Waals surface area (Å²) in [5.41, 5.74) is 2.31. The molecule has 2 aromatic rings. The number of aryl methyl sites for hydroxylation is 1. The fourth-order valence-corrected chi connectivity index (χ4v) is 5.07. The Bertz CT molecular complexity index is 767. The van der Waals surface area contributed by atoms with E-state index in [0.717, 1.165) is 22.6 Å². The van der Waals surface area contributed by atoms with Gasteiger partial charge in [0.2, 0.25) is 0 Å². The Kier molecular flexibility index (Phi) is 9.17. The van der Waals surface area contributed by atoms with Crippen molar-refractivity contribution in [3.05, 3.63) is 65.1 Å². The van der Waals surface area contributed by atoms with E-state index in [1.165, 1.54) is 69.8 Å². The minimum absolute atomic E-state index is 0.712. The minimum atomic E-state index is -1.48. The van der Waals surface area contributed by atoms with Crippen molar-refractivity contribution in [1.82, 2.24) is 0 Å². The summed E-state index contributed by atoms with van der Waals surface area (Å²) in [7, 11) is 0. The molecule has 0 saturated heterocycles. The predicted molar refractivity (Wildman–Crippen MR) is 125 cm³/mol. The van der Waals surface area contributed by atoms with Crippen molar-refractivity contribution in [2.24, 2.45) is 0 Å². The molecule has 2 aromatic carbocycles. The number of thiol groups is 1. The summed E-state index contributed by atoms with van der Waals surface area (Å²) in [6, 6.07) is 16.1. The Morgan fingerprint density at radius 1 is 0.759 bits per heavy atom. The average molecular weight is 412 g/mol. The molecule has 3 rings (SSSR count). The highest BCUT2D eigenvalue weighted by molar-refractivity contribution is 8.15. The summed E-state index contributed by atoms with van der Waals surface area (Å²) in [6.07, 6.45) is 14.8. The van der Waals surface area contributed by atoms with Gasteiger partial charge in [0.15, 0.2) is 0 Å². The van der Waals surface area contributed by atoms with Crippen molar-refractivity contribution < 1.29 is 9.29 Å². The summed E-state index contributed by atoms with van der Waals surface area (Å²) in [6.45, 7) is 2.27. The average Bonchev–Trinajstić information content (AvgIpc) is 3.06. The van der Waals surface area contributed by atoms with Crippen LogP contribution in [0.3, 0.4) is 0 Å². The van der Waals surface area contributed by atoms with Crippen LogP contribution in [0.15, 0.2) is 58.8 Å². The fourth-order valence-electron chi connectivity index (χ4n) is 3.87. The van der Waals surface area contributed by atoms with Crippen molar-refractivity contribution in [2.45, 2.75) is 82.4 Å². The molecule has 0 aliphatic carbocycles. The molecule has 157 valence electrons. The monoisotopic (exact) mass is 411 g/mol. The van der Waals surface area contributed by atoms with E-state index in [1.807, 2.05) is 36.4 Å². The molecule has 2 nitrogen and oxygen atoms in total. The van der Waals surface area contributed by atoms with Crippen LogP contribution in [-0.4, -0.2) is 0 Å². The van der Waals surface area contributed by atoms with Gasteiger partial charge in [0.1, 0.15) is 11.5 Å². The molecule has 1 aliphatic rings. The van der Waals surface area contributed by atoms with Crippen molar-refractivity contribution in [1.29, 1.82) is 0 Å². The number of unbranched alkanes of at least 4 members (excludes halogenated alkanes) is 9. The molecule has 0 amide bonds. The van der Waals surface area contributed by atoms with Crippen LogP contribution in [0.5, 0.6) is 5.75 Å². The molecule has 0 spiro atoms. The Balaban J connectivity index is 1.33. The van der Waals surface area contributed by atoms with Crippen LogP contribution in [0.4, 0.5) is 0 Å². The van der Waals surface area contributed by atoms with Gasteiger partial charge >= 0.3 is 0 Å². The van der Waals surface area contributed by atoms with Gasteiger partial charge in [0, 0.05) is 15.9 Å². The number of fused-ring (bicyclic) bond motifs is 1. The number of benzene rings is 2. The maximum Gasteiger partial charge on any atom is 0.142 e. The van der Waals surface area contributed by atoms with Gasteiger partial charge < -0.3 is 4.74 Å². The van der Waals surface area contributed by atoms with Gasteiger partial charge in [-0.05, 0) is 36.6 Å². The zero-order valence-corrected chi connectivity index (χ0v) is 18.6. The highest BCUT2D eigenvalue weighted by atomic mass is 32.2. The third-order valence-corrected chi connectivity index (χ3v) is 6.95. The molecule has 1 heterocycles. The Hall–Kier alpha value is -1.71. The highest BCUT2D eigenvalue weighted by Gasteiger charge is 2.21. The number of hydrogen-bond acceptors (Lipinski definition) is 1. The van der Waals surface area contributed by atoms with Gasteiger partial charge in [0.05, 0.1) is 0 Å². The van der Waals surface area contributed by atoms with Crippen LogP contribution in [0, 0.1) is 0 Å². The quantitative estimate of drug-likeness (QED) is 0.261. The second-order valence-corrected chi connectivity index (χ2v) is 9.41. The van der Waals surface area contributed by atoms with Crippen molar-refractivity contribution in [2.75, 3.05) is 0 Å². The van der Waals surface area contributed by atoms with Crippen molar-refractivity contribution in [3.8, 4) is 5.75 Å². The molecule has 0 fully saturated rings. The largest absolute Gasteiger partial charge is 0.456 e. The van der Waals surface area contributed by atoms with Crippen molar-refractivity contribution >= 4 is 16.9 Å². The van der Waals surface area contributed by atoms with E-state index in [1.54, 1.807) is 5.41 Å². The fraction of sp³-hybridized carbons (Fsp3) is 0.462. The molecule has 29 heavy (non-hydrogen) atoms. The van der Waals surface area contributed by atoms with E-state index >= 15 is 0 Å². The molecule has 0 bridgehead atoms. The van der Waals surface area contributed by atoms with Crippen LogP contribution in [-0.2, 0) is 11.0 Å². The van der Waals surface area contributed by atoms with E-state index in [-0.39, 0.29) is 0 Å². The molecule has 1 atom stereocenters. The van der Waals surface area contributed by atoms with E-state index in [0.29, 0.717) is 5.76 Å². The van der Waals surface area contributed by atoms with Crippen LogP contribution in [0.2, 0.25) is 0 Å². The summed E-state index contributed by atoms with van der Waals surface area (Å²) in [4.78, 5) is 0.870. The molecule has 1 unspecified atom stereocenters. The number of rotatable bonds is 13. The van der Waals surface area contributed by atoms with E-state index in [9.17, 15) is 4.55 Å². The lowest BCUT2D eigenvalue weighted by atomic mass is 10.0. The number of hydrogen-bond donors (Lipinski definition) is 1. The first-order chi connectivity index (χ1) is 14.3. The van der Waals surface area contributed by atoms with Crippen LogP contribution >= 0.6 is 11.2 Å². The molecular weight excluding hydrogens is 376 g/mol. The summed E-state index contributed by atoms with van der Waals surface area (Å²) in [5.74, 6) is 1.52. The zero-order chi connectivity index (χ0) is 20.3. The summed E-state index contributed by atoms with van der Waals surface area (Å²) < 4.78 is 18.2. The summed E-state index contributed by atoms with van der Waals surface area (Å²) in [5, 5.41) is 1.73. The second-order valence-electron chi connectivity index (χ2n) is 8.01. The molecule has 0 N–H and O–H groups in total. The maximum atomic E-state index is 12.2. The molecule has 1 aliphatic heterocycles. The predicted octanol–water partition coefficient (Wildman–Crippen LogP) is 8.25. The Labute approximate surface area is 179 Å².